The van der Waals surface area contributed by atoms with E-state index in [1.807, 2.05) is 27.7 Å². The Hall–Kier alpha value is -1.14. The monoisotopic (exact) mass is 566 g/mol. The highest BCUT2D eigenvalue weighted by atomic mass is 16.7. The molecule has 3 saturated carbocycles. The average molecular weight is 567 g/mol. The number of hydrogen-bond donors (Lipinski definition) is 0. The van der Waals surface area contributed by atoms with Crippen LogP contribution in [0.5, 0.6) is 0 Å². The molecule has 6 nitrogen and oxygen atoms in total. The van der Waals surface area contributed by atoms with Crippen LogP contribution in [0.3, 0.4) is 0 Å². The quantitative estimate of drug-likeness (QED) is 0.184. The molecule has 40 heavy (non-hydrogen) atoms. The predicted molar refractivity (Wildman–Crippen MR) is 160 cm³/mol. The number of esters is 2. The Balaban J connectivity index is 0.000000282. The number of carbonyl (C=O) groups is 2. The minimum absolute atomic E-state index is 0.0377. The Morgan fingerprint density at radius 2 is 1.35 bits per heavy atom. The zero-order chi connectivity index (χ0) is 30.1. The van der Waals surface area contributed by atoms with Crippen LogP contribution >= 0.6 is 0 Å². The third kappa shape index (κ3) is 11.6. The molecule has 0 saturated heterocycles. The van der Waals surface area contributed by atoms with Crippen molar-refractivity contribution in [2.45, 2.75) is 159 Å². The fourth-order valence-electron chi connectivity index (χ4n) is 5.77. The van der Waals surface area contributed by atoms with Gasteiger partial charge in [0.2, 0.25) is 12.6 Å². The number of hydrogen-bond acceptors (Lipinski definition) is 6. The lowest BCUT2D eigenvalue weighted by molar-refractivity contribution is -0.224. The van der Waals surface area contributed by atoms with Gasteiger partial charge in [-0.3, -0.25) is 9.59 Å². The molecule has 0 radical (unpaired) electrons. The minimum Gasteiger partial charge on any atom is -0.435 e. The molecule has 7 unspecified atom stereocenters. The molecule has 0 aromatic heterocycles. The highest BCUT2D eigenvalue weighted by molar-refractivity contribution is 5.72. The van der Waals surface area contributed by atoms with Crippen LogP contribution in [0.2, 0.25) is 0 Å². The molecule has 0 heterocycles. The zero-order valence-electron chi connectivity index (χ0n) is 27.6. The third-order valence-corrected chi connectivity index (χ3v) is 8.88. The SMILES string of the molecule is CCC(C)C(=O)OC(OC1CCCCC1)C(C)(C)C.CCC(C)C(=O)OC(OCC(C)(C)C)C1CC2CCC1C2. The second-order valence-corrected chi connectivity index (χ2v) is 15.2. The van der Waals surface area contributed by atoms with E-state index in [1.165, 1.54) is 44.9 Å². The van der Waals surface area contributed by atoms with E-state index >= 15 is 0 Å². The average Bonchev–Trinajstić information content (AvgIpc) is 3.53. The van der Waals surface area contributed by atoms with Crippen LogP contribution in [-0.4, -0.2) is 37.2 Å². The molecule has 0 amide bonds. The van der Waals surface area contributed by atoms with Gasteiger partial charge in [-0.1, -0.05) is 94.9 Å². The van der Waals surface area contributed by atoms with Crippen LogP contribution in [0.4, 0.5) is 0 Å². The summed E-state index contributed by atoms with van der Waals surface area (Å²) in [5.74, 6) is 1.62. The lowest BCUT2D eigenvalue weighted by Crippen LogP contribution is -2.39. The van der Waals surface area contributed by atoms with E-state index in [4.69, 9.17) is 18.9 Å². The van der Waals surface area contributed by atoms with Crippen molar-refractivity contribution in [1.29, 1.82) is 0 Å². The molecule has 0 aliphatic heterocycles. The van der Waals surface area contributed by atoms with E-state index in [2.05, 4.69) is 41.5 Å². The van der Waals surface area contributed by atoms with Crippen LogP contribution in [0, 0.1) is 40.4 Å². The lowest BCUT2D eigenvalue weighted by atomic mass is 9.88. The first kappa shape index (κ1) is 35.1. The van der Waals surface area contributed by atoms with Gasteiger partial charge < -0.3 is 18.9 Å². The maximum atomic E-state index is 12.2. The molecule has 3 aliphatic rings. The van der Waals surface area contributed by atoms with Crippen LogP contribution < -0.4 is 0 Å². The molecule has 234 valence electrons. The van der Waals surface area contributed by atoms with Crippen molar-refractivity contribution in [2.24, 2.45) is 40.4 Å². The molecular weight excluding hydrogens is 504 g/mol. The highest BCUT2D eigenvalue weighted by Crippen LogP contribution is 2.50. The first-order chi connectivity index (χ1) is 18.6. The van der Waals surface area contributed by atoms with Crippen molar-refractivity contribution in [3.05, 3.63) is 0 Å². The van der Waals surface area contributed by atoms with E-state index < -0.39 is 6.29 Å². The fourth-order valence-corrected chi connectivity index (χ4v) is 5.77. The molecular formula is C34H62O6. The molecule has 7 atom stereocenters. The molecule has 6 heteroatoms. The Bertz CT molecular complexity index is 759. The van der Waals surface area contributed by atoms with E-state index in [0.29, 0.717) is 18.4 Å². The molecule has 0 N–H and O–H groups in total. The van der Waals surface area contributed by atoms with E-state index in [9.17, 15) is 9.59 Å². The largest absolute Gasteiger partial charge is 0.435 e. The summed E-state index contributed by atoms with van der Waals surface area (Å²) in [6, 6.07) is 0. The van der Waals surface area contributed by atoms with Gasteiger partial charge in [-0.2, -0.15) is 0 Å². The van der Waals surface area contributed by atoms with Gasteiger partial charge in [0, 0.05) is 11.3 Å². The molecule has 3 fully saturated rings. The first-order valence-corrected chi connectivity index (χ1v) is 16.3. The van der Waals surface area contributed by atoms with Crippen LogP contribution in [0.15, 0.2) is 0 Å². The van der Waals surface area contributed by atoms with Crippen LogP contribution in [0.1, 0.15) is 140 Å². The fraction of sp³-hybridized carbons (Fsp3) is 0.941. The van der Waals surface area contributed by atoms with Crippen molar-refractivity contribution in [1.82, 2.24) is 0 Å². The summed E-state index contributed by atoms with van der Waals surface area (Å²) in [5, 5.41) is 0. The minimum atomic E-state index is -0.433. The topological polar surface area (TPSA) is 71.1 Å². The second-order valence-electron chi connectivity index (χ2n) is 15.2. The van der Waals surface area contributed by atoms with Gasteiger partial charge in [0.15, 0.2) is 0 Å². The van der Waals surface area contributed by atoms with Gasteiger partial charge in [0.25, 0.3) is 0 Å². The summed E-state index contributed by atoms with van der Waals surface area (Å²) in [5.41, 5.74) is -0.0841. The summed E-state index contributed by atoms with van der Waals surface area (Å²) >= 11 is 0. The van der Waals surface area contributed by atoms with E-state index in [0.717, 1.165) is 31.6 Å². The summed E-state index contributed by atoms with van der Waals surface area (Å²) in [6.45, 7) is 21.1. The molecule has 0 aromatic carbocycles. The molecule has 3 aliphatic carbocycles. The van der Waals surface area contributed by atoms with Gasteiger partial charge in [-0.25, -0.2) is 0 Å². The molecule has 2 bridgehead atoms. The maximum absolute atomic E-state index is 12.2. The lowest BCUT2D eigenvalue weighted by Gasteiger charge is -2.35. The standard InChI is InChI=1S/C18H32O3.C16H30O3/c1-6-12(2)16(19)21-17(20-11-18(3,4)5)15-10-13-7-8-14(15)9-13;1-6-12(2)14(17)19-15(16(3,4)5)18-13-10-8-7-9-11-13/h12-15,17H,6-11H2,1-5H3;12-13,15H,6-11H2,1-5H3. The van der Waals surface area contributed by atoms with Gasteiger partial charge in [0.05, 0.1) is 24.5 Å². The van der Waals surface area contributed by atoms with Gasteiger partial charge >= 0.3 is 11.9 Å². The number of fused-ring (bicyclic) bond motifs is 2. The molecule has 3 rings (SSSR count). The van der Waals surface area contributed by atoms with Crippen molar-refractivity contribution in [3.63, 3.8) is 0 Å². The Labute approximate surface area is 246 Å². The Kier molecular flexibility index (Phi) is 13.9. The predicted octanol–water partition coefficient (Wildman–Crippen LogP) is 8.70. The Morgan fingerprint density at radius 1 is 0.775 bits per heavy atom. The third-order valence-electron chi connectivity index (χ3n) is 8.88. The normalized spacial score (nSPS) is 26.3. The van der Waals surface area contributed by atoms with Crippen molar-refractivity contribution >= 4 is 11.9 Å². The maximum Gasteiger partial charge on any atom is 0.310 e. The highest BCUT2D eigenvalue weighted by Gasteiger charge is 2.45. The van der Waals surface area contributed by atoms with Gasteiger partial charge in [-0.15, -0.1) is 0 Å². The van der Waals surface area contributed by atoms with Crippen LogP contribution in [0.25, 0.3) is 0 Å². The van der Waals surface area contributed by atoms with Crippen molar-refractivity contribution in [2.75, 3.05) is 6.61 Å². The summed E-state index contributed by atoms with van der Waals surface area (Å²) in [7, 11) is 0. The first-order valence-electron chi connectivity index (χ1n) is 16.3. The van der Waals surface area contributed by atoms with Gasteiger partial charge in [0.1, 0.15) is 0 Å². The summed E-state index contributed by atoms with van der Waals surface area (Å²) < 4.78 is 23.5. The Morgan fingerprint density at radius 3 is 1.80 bits per heavy atom. The van der Waals surface area contributed by atoms with Crippen LogP contribution in [-0.2, 0) is 28.5 Å². The van der Waals surface area contributed by atoms with Crippen molar-refractivity contribution < 1.29 is 28.5 Å². The van der Waals surface area contributed by atoms with E-state index in [-0.39, 0.29) is 47.0 Å². The van der Waals surface area contributed by atoms with E-state index in [1.54, 1.807) is 0 Å². The number of rotatable bonds is 11. The van der Waals surface area contributed by atoms with Crippen molar-refractivity contribution in [3.8, 4) is 0 Å². The summed E-state index contributed by atoms with van der Waals surface area (Å²) in [6.07, 6.45) is 12.2. The molecule has 0 spiro atoms. The van der Waals surface area contributed by atoms with Gasteiger partial charge in [-0.05, 0) is 62.2 Å². The molecule has 0 aromatic rings. The number of ether oxygens (including phenoxy) is 4. The zero-order valence-corrected chi connectivity index (χ0v) is 27.6. The smallest absolute Gasteiger partial charge is 0.310 e. The summed E-state index contributed by atoms with van der Waals surface area (Å²) in [4.78, 5) is 24.1. The number of carbonyl (C=O) groups excluding carboxylic acids is 2. The second kappa shape index (κ2) is 15.9.